The molecule has 3 saturated heterocycles. The fourth-order valence-electron chi connectivity index (χ4n) is 4.82. The second-order valence-corrected chi connectivity index (χ2v) is 10.3. The molecule has 7 nitrogen and oxygen atoms in total. The van der Waals surface area contributed by atoms with E-state index < -0.39 is 7.59 Å². The minimum absolute atomic E-state index is 0.0365. The first kappa shape index (κ1) is 16.9. The molecule has 3 aliphatic heterocycles. The van der Waals surface area contributed by atoms with Crippen molar-refractivity contribution in [1.29, 1.82) is 0 Å². The van der Waals surface area contributed by atoms with Crippen LogP contribution in [0, 0.1) is 0 Å². The molecule has 1 unspecified atom stereocenters. The first-order chi connectivity index (χ1) is 12.8. The Labute approximate surface area is 154 Å². The first-order valence-electron chi connectivity index (χ1n) is 9.96. The monoisotopic (exact) mass is 374 g/mol. The van der Waals surface area contributed by atoms with Crippen molar-refractivity contribution in [3.8, 4) is 0 Å². The Morgan fingerprint density at radius 1 is 0.885 bits per heavy atom. The molecule has 8 heteroatoms. The third kappa shape index (κ3) is 2.56. The zero-order valence-electron chi connectivity index (χ0n) is 15.2. The standard InChI is InChI=1S/C18H27N6OP/c25-26(21-11-3-4-12-21,22-13-5-6-14-22)23-15-7-10-18(23)24-17-9-2-1-8-16(17)19-20-24/h1-2,8-9,18H,3-7,10-15H2. The fraction of sp³-hybridized carbons (Fsp3) is 0.667. The molecule has 2 aromatic rings. The zero-order chi connectivity index (χ0) is 17.6. The molecule has 3 fully saturated rings. The van der Waals surface area contributed by atoms with Crippen molar-refractivity contribution in [2.75, 3.05) is 32.7 Å². The van der Waals surface area contributed by atoms with Crippen molar-refractivity contribution in [3.63, 3.8) is 0 Å². The van der Waals surface area contributed by atoms with E-state index in [9.17, 15) is 4.57 Å². The lowest BCUT2D eigenvalue weighted by molar-refractivity contribution is 0.235. The highest BCUT2D eigenvalue weighted by Gasteiger charge is 2.49. The number of aromatic nitrogens is 3. The summed E-state index contributed by atoms with van der Waals surface area (Å²) in [6, 6.07) is 8.09. The molecule has 0 saturated carbocycles. The topological polar surface area (TPSA) is 57.5 Å². The number of rotatable bonds is 4. The lowest BCUT2D eigenvalue weighted by atomic mass is 10.3. The summed E-state index contributed by atoms with van der Waals surface area (Å²) in [4.78, 5) is 0. The van der Waals surface area contributed by atoms with Crippen LogP contribution in [0.5, 0.6) is 0 Å². The molecule has 0 radical (unpaired) electrons. The van der Waals surface area contributed by atoms with Crippen LogP contribution in [-0.4, -0.2) is 61.7 Å². The largest absolute Gasteiger partial charge is 0.288 e. The molecule has 5 rings (SSSR count). The summed E-state index contributed by atoms with van der Waals surface area (Å²) in [5, 5.41) is 8.81. The highest BCUT2D eigenvalue weighted by molar-refractivity contribution is 7.56. The second kappa shape index (κ2) is 6.71. The highest BCUT2D eigenvalue weighted by Crippen LogP contribution is 2.63. The van der Waals surface area contributed by atoms with E-state index in [0.717, 1.165) is 82.3 Å². The maximum Gasteiger partial charge on any atom is 0.288 e. The van der Waals surface area contributed by atoms with E-state index in [1.54, 1.807) is 0 Å². The fourth-order valence-corrected chi connectivity index (χ4v) is 8.40. The lowest BCUT2D eigenvalue weighted by Gasteiger charge is -2.42. The van der Waals surface area contributed by atoms with Gasteiger partial charge in [-0.3, -0.25) is 4.57 Å². The van der Waals surface area contributed by atoms with Gasteiger partial charge in [0.05, 0.1) is 5.52 Å². The molecule has 0 N–H and O–H groups in total. The minimum atomic E-state index is -2.73. The summed E-state index contributed by atoms with van der Waals surface area (Å²) in [5.74, 6) is 0. The molecular weight excluding hydrogens is 347 g/mol. The predicted octanol–water partition coefficient (Wildman–Crippen LogP) is 3.33. The van der Waals surface area contributed by atoms with E-state index in [-0.39, 0.29) is 6.17 Å². The third-order valence-electron chi connectivity index (χ3n) is 6.09. The maximum absolute atomic E-state index is 14.6. The Bertz CT molecular complexity index is 806. The van der Waals surface area contributed by atoms with E-state index in [4.69, 9.17) is 0 Å². The summed E-state index contributed by atoms with van der Waals surface area (Å²) >= 11 is 0. The number of nitrogens with zero attached hydrogens (tertiary/aromatic N) is 6. The Morgan fingerprint density at radius 2 is 1.54 bits per heavy atom. The predicted molar refractivity (Wildman–Crippen MR) is 102 cm³/mol. The Morgan fingerprint density at radius 3 is 2.23 bits per heavy atom. The van der Waals surface area contributed by atoms with Gasteiger partial charge in [-0.2, -0.15) is 0 Å². The molecular formula is C18H27N6OP. The smallest absolute Gasteiger partial charge is 0.270 e. The van der Waals surface area contributed by atoms with E-state index in [1.165, 1.54) is 0 Å². The van der Waals surface area contributed by atoms with Gasteiger partial charge in [0.1, 0.15) is 11.7 Å². The van der Waals surface area contributed by atoms with Crippen LogP contribution in [0.3, 0.4) is 0 Å². The molecule has 26 heavy (non-hydrogen) atoms. The second-order valence-electron chi connectivity index (χ2n) is 7.64. The van der Waals surface area contributed by atoms with Crippen molar-refractivity contribution in [2.45, 2.75) is 44.7 Å². The quantitative estimate of drug-likeness (QED) is 0.765. The van der Waals surface area contributed by atoms with Gasteiger partial charge < -0.3 is 0 Å². The summed E-state index contributed by atoms with van der Waals surface area (Å²) < 4.78 is 23.5. The van der Waals surface area contributed by atoms with Crippen LogP contribution in [0.4, 0.5) is 0 Å². The number of hydrogen-bond acceptors (Lipinski definition) is 3. The number of para-hydroxylation sites is 1. The molecule has 4 heterocycles. The molecule has 0 aliphatic carbocycles. The third-order valence-corrected chi connectivity index (χ3v) is 9.50. The molecule has 0 amide bonds. The van der Waals surface area contributed by atoms with Crippen LogP contribution < -0.4 is 0 Å². The maximum atomic E-state index is 14.6. The van der Waals surface area contributed by atoms with Crippen LogP contribution in [0.15, 0.2) is 24.3 Å². The lowest BCUT2D eigenvalue weighted by Crippen LogP contribution is -2.40. The Hall–Kier alpha value is -1.27. The molecule has 1 aromatic carbocycles. The SMILES string of the molecule is O=P(N1CCCC1)(N1CCCC1)N1CCCC1n1nnc2ccccc21. The van der Waals surface area contributed by atoms with E-state index in [2.05, 4.69) is 30.4 Å². The van der Waals surface area contributed by atoms with Crippen molar-refractivity contribution >= 4 is 18.6 Å². The summed E-state index contributed by atoms with van der Waals surface area (Å²) in [7, 11) is -2.73. The summed E-state index contributed by atoms with van der Waals surface area (Å²) in [6.45, 7) is 4.69. The molecule has 3 aliphatic rings. The number of hydrogen-bond donors (Lipinski definition) is 0. The van der Waals surface area contributed by atoms with Crippen LogP contribution >= 0.6 is 7.59 Å². The van der Waals surface area contributed by atoms with Gasteiger partial charge in [0.2, 0.25) is 0 Å². The first-order valence-corrected chi connectivity index (χ1v) is 11.5. The molecule has 140 valence electrons. The van der Waals surface area contributed by atoms with Gasteiger partial charge in [-0.15, -0.1) is 5.10 Å². The van der Waals surface area contributed by atoms with Crippen molar-refractivity contribution in [3.05, 3.63) is 24.3 Å². The van der Waals surface area contributed by atoms with Crippen molar-refractivity contribution in [1.82, 2.24) is 29.0 Å². The van der Waals surface area contributed by atoms with Crippen LogP contribution in [0.1, 0.15) is 44.7 Å². The average Bonchev–Trinajstić information content (AvgIpc) is 3.48. The van der Waals surface area contributed by atoms with Gasteiger partial charge in [-0.05, 0) is 50.7 Å². The average molecular weight is 374 g/mol. The Kier molecular flexibility index (Phi) is 4.36. The summed E-state index contributed by atoms with van der Waals surface area (Å²) in [5.41, 5.74) is 1.95. The molecule has 1 atom stereocenters. The van der Waals surface area contributed by atoms with Crippen molar-refractivity contribution in [2.24, 2.45) is 0 Å². The number of fused-ring (bicyclic) bond motifs is 1. The van der Waals surface area contributed by atoms with Crippen molar-refractivity contribution < 1.29 is 4.57 Å². The van der Waals surface area contributed by atoms with Gasteiger partial charge >= 0.3 is 0 Å². The van der Waals surface area contributed by atoms with Gasteiger partial charge in [0.15, 0.2) is 0 Å². The normalized spacial score (nSPS) is 26.4. The van der Waals surface area contributed by atoms with E-state index >= 15 is 0 Å². The van der Waals surface area contributed by atoms with Gasteiger partial charge in [-0.1, -0.05) is 17.3 Å². The zero-order valence-corrected chi connectivity index (χ0v) is 16.1. The minimum Gasteiger partial charge on any atom is -0.270 e. The van der Waals surface area contributed by atoms with Crippen LogP contribution in [-0.2, 0) is 4.57 Å². The van der Waals surface area contributed by atoms with E-state index in [0.29, 0.717) is 0 Å². The molecule has 0 bridgehead atoms. The molecule has 0 spiro atoms. The van der Waals surface area contributed by atoms with Gasteiger partial charge in [0, 0.05) is 32.7 Å². The van der Waals surface area contributed by atoms with Crippen LogP contribution in [0.2, 0.25) is 0 Å². The number of benzene rings is 1. The Balaban J connectivity index is 1.56. The highest BCUT2D eigenvalue weighted by atomic mass is 31.2. The van der Waals surface area contributed by atoms with E-state index in [1.807, 2.05) is 22.9 Å². The van der Waals surface area contributed by atoms with Gasteiger partial charge in [0.25, 0.3) is 7.59 Å². The van der Waals surface area contributed by atoms with Crippen LogP contribution in [0.25, 0.3) is 11.0 Å². The van der Waals surface area contributed by atoms with Gasteiger partial charge in [-0.25, -0.2) is 18.7 Å². The molecule has 1 aromatic heterocycles. The summed E-state index contributed by atoms with van der Waals surface area (Å²) in [6.07, 6.45) is 6.70.